The standard InChI is InChI=1S/C20H16ClF4N5O3/c1-32-15-5-13-10(4-14(15)29-20(31)30-6-9(7-30)33-19(24)25)18(27-8-26-13)28-12-3-2-11(22)16(21)17(12)23/h2-5,8-9,19H,6-7H2,1H3,(H,29,31)(H,26,27,28). The monoisotopic (exact) mass is 485 g/mol. The number of amides is 2. The number of aromatic nitrogens is 2. The van der Waals surface area contributed by atoms with Crippen LogP contribution in [0.1, 0.15) is 0 Å². The Kier molecular flexibility index (Phi) is 6.38. The van der Waals surface area contributed by atoms with Gasteiger partial charge < -0.3 is 25.0 Å². The van der Waals surface area contributed by atoms with E-state index in [1.165, 1.54) is 36.5 Å². The fourth-order valence-corrected chi connectivity index (χ4v) is 3.39. The van der Waals surface area contributed by atoms with Gasteiger partial charge in [-0.25, -0.2) is 23.5 Å². The van der Waals surface area contributed by atoms with Gasteiger partial charge in [-0.15, -0.1) is 0 Å². The van der Waals surface area contributed by atoms with Crippen molar-refractivity contribution in [1.82, 2.24) is 14.9 Å². The molecule has 8 nitrogen and oxygen atoms in total. The van der Waals surface area contributed by atoms with Crippen molar-refractivity contribution < 1.29 is 31.8 Å². The molecular formula is C20H16ClF4N5O3. The predicted octanol–water partition coefficient (Wildman–Crippen LogP) is 4.77. The molecule has 0 bridgehead atoms. The van der Waals surface area contributed by atoms with Crippen LogP contribution in [0.2, 0.25) is 5.02 Å². The van der Waals surface area contributed by atoms with Gasteiger partial charge in [0.2, 0.25) is 0 Å². The Labute approximate surface area is 189 Å². The summed E-state index contributed by atoms with van der Waals surface area (Å²) in [5.74, 6) is -1.47. The molecule has 0 unspecified atom stereocenters. The van der Waals surface area contributed by atoms with Crippen molar-refractivity contribution in [3.05, 3.63) is 47.2 Å². The van der Waals surface area contributed by atoms with Gasteiger partial charge in [-0.2, -0.15) is 8.78 Å². The van der Waals surface area contributed by atoms with Crippen molar-refractivity contribution in [2.45, 2.75) is 12.7 Å². The van der Waals surface area contributed by atoms with Gasteiger partial charge in [-0.3, -0.25) is 0 Å². The van der Waals surface area contributed by atoms with Crippen LogP contribution in [0.3, 0.4) is 0 Å². The summed E-state index contributed by atoms with van der Waals surface area (Å²) in [5.41, 5.74) is 0.530. The van der Waals surface area contributed by atoms with Crippen LogP contribution in [0.15, 0.2) is 30.6 Å². The van der Waals surface area contributed by atoms with Crippen LogP contribution in [-0.4, -0.2) is 53.8 Å². The summed E-state index contributed by atoms with van der Waals surface area (Å²) >= 11 is 5.63. The number of carbonyl (C=O) groups is 1. The largest absolute Gasteiger partial charge is 0.494 e. The molecule has 0 atom stereocenters. The van der Waals surface area contributed by atoms with Gasteiger partial charge in [0.15, 0.2) is 5.82 Å². The summed E-state index contributed by atoms with van der Waals surface area (Å²) < 4.78 is 62.0. The fourth-order valence-electron chi connectivity index (χ4n) is 3.23. The number of hydrogen-bond donors (Lipinski definition) is 2. The lowest BCUT2D eigenvalue weighted by Gasteiger charge is -2.38. The van der Waals surface area contributed by atoms with Crippen molar-refractivity contribution in [3.63, 3.8) is 0 Å². The van der Waals surface area contributed by atoms with Crippen molar-refractivity contribution in [3.8, 4) is 5.75 Å². The molecule has 0 saturated carbocycles. The van der Waals surface area contributed by atoms with Crippen LogP contribution < -0.4 is 15.4 Å². The number of ether oxygens (including phenoxy) is 2. The highest BCUT2D eigenvalue weighted by Crippen LogP contribution is 2.35. The normalized spacial score (nSPS) is 13.8. The number of nitrogens with zero attached hydrogens (tertiary/aromatic N) is 3. The Morgan fingerprint density at radius 1 is 1.21 bits per heavy atom. The van der Waals surface area contributed by atoms with E-state index in [1.807, 2.05) is 0 Å². The molecular weight excluding hydrogens is 470 g/mol. The summed E-state index contributed by atoms with van der Waals surface area (Å²) in [5, 5.41) is 5.10. The number of benzene rings is 2. The van der Waals surface area contributed by atoms with E-state index in [9.17, 15) is 22.4 Å². The zero-order chi connectivity index (χ0) is 23.7. The minimum absolute atomic E-state index is 0.00654. The molecule has 1 saturated heterocycles. The maximum absolute atomic E-state index is 14.3. The van der Waals surface area contributed by atoms with E-state index >= 15 is 0 Å². The fraction of sp³-hybridized carbons (Fsp3) is 0.250. The van der Waals surface area contributed by atoms with E-state index in [1.54, 1.807) is 0 Å². The second-order valence-electron chi connectivity index (χ2n) is 6.99. The van der Waals surface area contributed by atoms with E-state index in [4.69, 9.17) is 16.3 Å². The number of nitrogens with one attached hydrogen (secondary N) is 2. The molecule has 174 valence electrons. The number of carbonyl (C=O) groups excluding carboxylic acids is 1. The zero-order valence-electron chi connectivity index (χ0n) is 16.9. The highest BCUT2D eigenvalue weighted by Gasteiger charge is 2.33. The van der Waals surface area contributed by atoms with E-state index in [0.717, 1.165) is 6.07 Å². The van der Waals surface area contributed by atoms with Gasteiger partial charge in [-0.1, -0.05) is 11.6 Å². The molecule has 2 aromatic carbocycles. The van der Waals surface area contributed by atoms with Crippen LogP contribution in [0, 0.1) is 11.6 Å². The minimum atomic E-state index is -2.91. The molecule has 3 aromatic rings. The molecule has 1 aliphatic rings. The molecule has 2 amide bonds. The highest BCUT2D eigenvalue weighted by molar-refractivity contribution is 6.31. The molecule has 0 aliphatic carbocycles. The smallest absolute Gasteiger partial charge is 0.345 e. The quantitative estimate of drug-likeness (QED) is 0.386. The van der Waals surface area contributed by atoms with E-state index < -0.39 is 35.4 Å². The first-order valence-corrected chi connectivity index (χ1v) is 9.87. The van der Waals surface area contributed by atoms with Crippen LogP contribution in [0.5, 0.6) is 5.75 Å². The number of hydrogen-bond acceptors (Lipinski definition) is 6. The highest BCUT2D eigenvalue weighted by atomic mass is 35.5. The Bertz CT molecular complexity index is 1210. The van der Waals surface area contributed by atoms with Gasteiger partial charge in [0.05, 0.1) is 43.2 Å². The first kappa shape index (κ1) is 22.8. The maximum Gasteiger partial charge on any atom is 0.345 e. The summed E-state index contributed by atoms with van der Waals surface area (Å²) in [4.78, 5) is 22.0. The number of halogens is 5. The van der Waals surface area contributed by atoms with Gasteiger partial charge >= 0.3 is 12.6 Å². The van der Waals surface area contributed by atoms with Crippen LogP contribution >= 0.6 is 11.6 Å². The van der Waals surface area contributed by atoms with Gasteiger partial charge in [0, 0.05) is 11.5 Å². The lowest BCUT2D eigenvalue weighted by molar-refractivity contribution is -0.188. The summed E-state index contributed by atoms with van der Waals surface area (Å²) in [6.45, 7) is -2.90. The molecule has 4 rings (SSSR count). The van der Waals surface area contributed by atoms with Crippen molar-refractivity contribution >= 4 is 45.7 Å². The average molecular weight is 486 g/mol. The number of urea groups is 1. The molecule has 33 heavy (non-hydrogen) atoms. The number of alkyl halides is 2. The average Bonchev–Trinajstić information content (AvgIpc) is 2.76. The summed E-state index contributed by atoms with van der Waals surface area (Å²) in [6, 6.07) is 4.65. The predicted molar refractivity (Wildman–Crippen MR) is 112 cm³/mol. The maximum atomic E-state index is 14.3. The van der Waals surface area contributed by atoms with Crippen molar-refractivity contribution in [1.29, 1.82) is 0 Å². The molecule has 2 N–H and O–H groups in total. The van der Waals surface area contributed by atoms with E-state index in [0.29, 0.717) is 10.9 Å². The molecule has 0 radical (unpaired) electrons. The van der Waals surface area contributed by atoms with E-state index in [-0.39, 0.29) is 36.0 Å². The summed E-state index contributed by atoms with van der Waals surface area (Å²) in [7, 11) is 1.39. The molecule has 1 fully saturated rings. The number of fused-ring (bicyclic) bond motifs is 1. The van der Waals surface area contributed by atoms with Gasteiger partial charge in [0.1, 0.15) is 28.7 Å². The topological polar surface area (TPSA) is 88.6 Å². The Morgan fingerprint density at radius 3 is 2.67 bits per heavy atom. The zero-order valence-corrected chi connectivity index (χ0v) is 17.7. The molecule has 13 heteroatoms. The number of rotatable bonds is 6. The van der Waals surface area contributed by atoms with Crippen molar-refractivity contribution in [2.75, 3.05) is 30.8 Å². The molecule has 1 aliphatic heterocycles. The van der Waals surface area contributed by atoms with Gasteiger partial charge in [-0.05, 0) is 18.2 Å². The third-order valence-electron chi connectivity index (χ3n) is 4.92. The lowest BCUT2D eigenvalue weighted by Crippen LogP contribution is -2.56. The second kappa shape index (κ2) is 9.24. The lowest BCUT2D eigenvalue weighted by atomic mass is 10.1. The molecule has 1 aromatic heterocycles. The number of likely N-dealkylation sites (tertiary alicyclic amines) is 1. The number of anilines is 3. The van der Waals surface area contributed by atoms with Crippen LogP contribution in [0.4, 0.5) is 39.5 Å². The third-order valence-corrected chi connectivity index (χ3v) is 5.26. The van der Waals surface area contributed by atoms with Gasteiger partial charge in [0.25, 0.3) is 0 Å². The first-order valence-electron chi connectivity index (χ1n) is 9.49. The van der Waals surface area contributed by atoms with E-state index in [2.05, 4.69) is 25.3 Å². The third kappa shape index (κ3) is 4.71. The summed E-state index contributed by atoms with van der Waals surface area (Å²) in [6.07, 6.45) is 0.491. The number of methoxy groups -OCH3 is 1. The Hall–Kier alpha value is -3.38. The minimum Gasteiger partial charge on any atom is -0.494 e. The second-order valence-corrected chi connectivity index (χ2v) is 7.37. The Morgan fingerprint density at radius 2 is 1.97 bits per heavy atom. The molecule has 0 spiro atoms. The van der Waals surface area contributed by atoms with Crippen LogP contribution in [0.25, 0.3) is 10.9 Å². The molecule has 2 heterocycles. The SMILES string of the molecule is COc1cc2ncnc(Nc3ccc(F)c(Cl)c3F)c2cc1NC(=O)N1CC(OC(F)F)C1. The first-order chi connectivity index (χ1) is 15.8. The van der Waals surface area contributed by atoms with Crippen LogP contribution in [-0.2, 0) is 4.74 Å². The van der Waals surface area contributed by atoms with Crippen molar-refractivity contribution in [2.24, 2.45) is 0 Å². The Balaban J connectivity index is 1.61.